The highest BCUT2D eigenvalue weighted by atomic mass is 16.5. The quantitative estimate of drug-likeness (QED) is 0.884. The van der Waals surface area contributed by atoms with Crippen molar-refractivity contribution >= 4 is 0 Å². The first-order chi connectivity index (χ1) is 10.2. The summed E-state index contributed by atoms with van der Waals surface area (Å²) in [6, 6.07) is 8.14. The lowest BCUT2D eigenvalue weighted by molar-refractivity contribution is 0.157. The number of hydrogen-bond donors (Lipinski definition) is 1. The number of nitrogens with zero attached hydrogens (tertiary/aromatic N) is 2. The van der Waals surface area contributed by atoms with Gasteiger partial charge in [-0.3, -0.25) is 0 Å². The van der Waals surface area contributed by atoms with Crippen LogP contribution < -0.4 is 9.47 Å². The molecule has 0 saturated heterocycles. The van der Waals surface area contributed by atoms with Gasteiger partial charge < -0.3 is 14.6 Å². The summed E-state index contributed by atoms with van der Waals surface area (Å²) in [5.41, 5.74) is 2.88. The van der Waals surface area contributed by atoms with Crippen LogP contribution in [0.2, 0.25) is 0 Å². The SMILES string of the molecule is COc1cnc(C(O)CCc2ccccc2C)c(OC)n1. The second-order valence-corrected chi connectivity index (χ2v) is 4.79. The lowest BCUT2D eigenvalue weighted by Crippen LogP contribution is -2.07. The van der Waals surface area contributed by atoms with E-state index in [1.54, 1.807) is 0 Å². The van der Waals surface area contributed by atoms with Gasteiger partial charge in [0.1, 0.15) is 11.8 Å². The summed E-state index contributed by atoms with van der Waals surface area (Å²) in [5.74, 6) is 0.660. The van der Waals surface area contributed by atoms with Crippen LogP contribution in [0.15, 0.2) is 30.5 Å². The van der Waals surface area contributed by atoms with Gasteiger partial charge in [-0.1, -0.05) is 24.3 Å². The second-order valence-electron chi connectivity index (χ2n) is 4.79. The van der Waals surface area contributed by atoms with E-state index in [0.717, 1.165) is 6.42 Å². The number of aromatic nitrogens is 2. The number of methoxy groups -OCH3 is 2. The molecule has 0 amide bonds. The fourth-order valence-electron chi connectivity index (χ4n) is 2.16. The Balaban J connectivity index is 2.10. The van der Waals surface area contributed by atoms with E-state index in [-0.39, 0.29) is 0 Å². The number of ether oxygens (including phenoxy) is 2. The molecule has 0 aliphatic heterocycles. The van der Waals surface area contributed by atoms with Gasteiger partial charge in [0.25, 0.3) is 0 Å². The van der Waals surface area contributed by atoms with Crippen LogP contribution in [0.3, 0.4) is 0 Å². The number of aliphatic hydroxyl groups excluding tert-OH is 1. The Morgan fingerprint density at radius 2 is 1.95 bits per heavy atom. The molecule has 0 spiro atoms. The van der Waals surface area contributed by atoms with Gasteiger partial charge in [0.15, 0.2) is 0 Å². The van der Waals surface area contributed by atoms with E-state index in [2.05, 4.69) is 29.0 Å². The van der Waals surface area contributed by atoms with Gasteiger partial charge in [-0.2, -0.15) is 4.98 Å². The Morgan fingerprint density at radius 1 is 1.19 bits per heavy atom. The molecule has 0 radical (unpaired) electrons. The summed E-state index contributed by atoms with van der Waals surface area (Å²) in [6.45, 7) is 2.06. The highest BCUT2D eigenvalue weighted by Gasteiger charge is 2.17. The molecular weight excluding hydrogens is 268 g/mol. The van der Waals surface area contributed by atoms with Gasteiger partial charge in [-0.25, -0.2) is 4.98 Å². The molecule has 21 heavy (non-hydrogen) atoms. The first-order valence-electron chi connectivity index (χ1n) is 6.83. The smallest absolute Gasteiger partial charge is 0.241 e. The van der Waals surface area contributed by atoms with Crippen molar-refractivity contribution in [1.82, 2.24) is 9.97 Å². The molecule has 5 heteroatoms. The van der Waals surface area contributed by atoms with Crippen LogP contribution >= 0.6 is 0 Å². The van der Waals surface area contributed by atoms with Crippen molar-refractivity contribution in [1.29, 1.82) is 0 Å². The predicted octanol–water partition coefficient (Wildman–Crippen LogP) is 2.47. The van der Waals surface area contributed by atoms with Crippen LogP contribution in [-0.4, -0.2) is 29.3 Å². The molecule has 2 rings (SSSR count). The van der Waals surface area contributed by atoms with Crippen LogP contribution in [0.5, 0.6) is 11.8 Å². The molecule has 1 aromatic heterocycles. The minimum atomic E-state index is -0.724. The lowest BCUT2D eigenvalue weighted by Gasteiger charge is -2.14. The number of aryl methyl sites for hydroxylation is 2. The fourth-order valence-corrected chi connectivity index (χ4v) is 2.16. The third-order valence-corrected chi connectivity index (χ3v) is 3.41. The summed E-state index contributed by atoms with van der Waals surface area (Å²) >= 11 is 0. The minimum Gasteiger partial charge on any atom is -0.480 e. The Hall–Kier alpha value is -2.14. The summed E-state index contributed by atoms with van der Waals surface area (Å²) in [6.07, 6.45) is 2.08. The number of hydrogen-bond acceptors (Lipinski definition) is 5. The van der Waals surface area contributed by atoms with Crippen LogP contribution in [0, 0.1) is 6.92 Å². The van der Waals surface area contributed by atoms with Crippen molar-refractivity contribution in [2.75, 3.05) is 14.2 Å². The Kier molecular flexibility index (Phi) is 5.11. The molecule has 0 saturated carbocycles. The van der Waals surface area contributed by atoms with E-state index < -0.39 is 6.10 Å². The minimum absolute atomic E-state index is 0.298. The number of rotatable bonds is 6. The van der Waals surface area contributed by atoms with Crippen molar-refractivity contribution in [3.63, 3.8) is 0 Å². The standard InChI is InChI=1S/C16H20N2O3/c1-11-6-4-5-7-12(11)8-9-13(19)15-16(21-3)18-14(20-2)10-17-15/h4-7,10,13,19H,8-9H2,1-3H3. The predicted molar refractivity (Wildman–Crippen MR) is 79.6 cm³/mol. The van der Waals surface area contributed by atoms with E-state index in [1.165, 1.54) is 31.5 Å². The van der Waals surface area contributed by atoms with E-state index >= 15 is 0 Å². The van der Waals surface area contributed by atoms with Crippen molar-refractivity contribution in [3.8, 4) is 11.8 Å². The highest BCUT2D eigenvalue weighted by molar-refractivity contribution is 5.27. The number of benzene rings is 1. The van der Waals surface area contributed by atoms with Gasteiger partial charge in [-0.15, -0.1) is 0 Å². The molecule has 5 nitrogen and oxygen atoms in total. The van der Waals surface area contributed by atoms with Crippen molar-refractivity contribution < 1.29 is 14.6 Å². The van der Waals surface area contributed by atoms with Crippen molar-refractivity contribution in [3.05, 3.63) is 47.3 Å². The number of aliphatic hydroxyl groups is 1. The van der Waals surface area contributed by atoms with Crippen LogP contribution in [0.4, 0.5) is 0 Å². The third kappa shape index (κ3) is 3.70. The molecule has 1 N–H and O–H groups in total. The van der Waals surface area contributed by atoms with Gasteiger partial charge in [-0.05, 0) is 30.9 Å². The van der Waals surface area contributed by atoms with E-state index in [4.69, 9.17) is 9.47 Å². The molecule has 0 aliphatic carbocycles. The largest absolute Gasteiger partial charge is 0.480 e. The normalized spacial score (nSPS) is 12.0. The molecule has 0 aliphatic rings. The maximum atomic E-state index is 10.3. The Labute approximate surface area is 124 Å². The zero-order valence-electron chi connectivity index (χ0n) is 12.5. The van der Waals surface area contributed by atoms with Crippen LogP contribution in [-0.2, 0) is 6.42 Å². The van der Waals surface area contributed by atoms with Gasteiger partial charge >= 0.3 is 0 Å². The van der Waals surface area contributed by atoms with Crippen LogP contribution in [0.1, 0.15) is 29.3 Å². The average Bonchev–Trinajstić information content (AvgIpc) is 2.53. The summed E-state index contributed by atoms with van der Waals surface area (Å²) in [5, 5.41) is 10.3. The molecule has 1 heterocycles. The van der Waals surface area contributed by atoms with Crippen LogP contribution in [0.25, 0.3) is 0 Å². The van der Waals surface area contributed by atoms with E-state index in [1.807, 2.05) is 12.1 Å². The maximum Gasteiger partial charge on any atom is 0.241 e. The summed E-state index contributed by atoms with van der Waals surface area (Å²) in [4.78, 5) is 8.33. The molecule has 0 bridgehead atoms. The molecule has 0 fully saturated rings. The molecular formula is C16H20N2O3. The van der Waals surface area contributed by atoms with Gasteiger partial charge in [0.05, 0.1) is 20.4 Å². The first-order valence-corrected chi connectivity index (χ1v) is 6.83. The summed E-state index contributed by atoms with van der Waals surface area (Å²) < 4.78 is 10.2. The zero-order chi connectivity index (χ0) is 15.2. The van der Waals surface area contributed by atoms with E-state index in [9.17, 15) is 5.11 Å². The molecule has 1 unspecified atom stereocenters. The monoisotopic (exact) mass is 288 g/mol. The lowest BCUT2D eigenvalue weighted by atomic mass is 10.0. The Morgan fingerprint density at radius 3 is 2.62 bits per heavy atom. The Bertz CT molecular complexity index is 602. The second kappa shape index (κ2) is 7.04. The van der Waals surface area contributed by atoms with Crippen molar-refractivity contribution in [2.45, 2.75) is 25.9 Å². The van der Waals surface area contributed by atoms with Crippen molar-refractivity contribution in [2.24, 2.45) is 0 Å². The maximum absolute atomic E-state index is 10.3. The molecule has 2 aromatic rings. The molecule has 1 atom stereocenters. The summed E-state index contributed by atoms with van der Waals surface area (Å²) in [7, 11) is 3.01. The highest BCUT2D eigenvalue weighted by Crippen LogP contribution is 2.26. The van der Waals surface area contributed by atoms with Gasteiger partial charge in [0, 0.05) is 0 Å². The molecule has 112 valence electrons. The molecule has 1 aromatic carbocycles. The fraction of sp³-hybridized carbons (Fsp3) is 0.375. The van der Waals surface area contributed by atoms with Gasteiger partial charge in [0.2, 0.25) is 11.8 Å². The average molecular weight is 288 g/mol. The zero-order valence-corrected chi connectivity index (χ0v) is 12.5. The van der Waals surface area contributed by atoms with E-state index in [0.29, 0.717) is 23.9 Å². The third-order valence-electron chi connectivity index (χ3n) is 3.41. The first kappa shape index (κ1) is 15.3. The topological polar surface area (TPSA) is 64.5 Å².